The van der Waals surface area contributed by atoms with Crippen LogP contribution in [0.25, 0.3) is 11.6 Å². The zero-order valence-corrected chi connectivity index (χ0v) is 63.5. The Morgan fingerprint density at radius 3 is 1.48 bits per heavy atom. The third-order valence-corrected chi connectivity index (χ3v) is 18.1. The number of aryl methyl sites for hydroxylation is 2. The van der Waals surface area contributed by atoms with Crippen molar-refractivity contribution in [3.8, 4) is 23.4 Å². The van der Waals surface area contributed by atoms with Crippen LogP contribution in [0.15, 0.2) is 83.4 Å². The summed E-state index contributed by atoms with van der Waals surface area (Å²) in [6.45, 7) is 17.6. The van der Waals surface area contributed by atoms with Crippen molar-refractivity contribution in [1.29, 1.82) is 0 Å². The van der Waals surface area contributed by atoms with Crippen molar-refractivity contribution in [3.05, 3.63) is 95.6 Å². The van der Waals surface area contributed by atoms with Gasteiger partial charge in [0, 0.05) is 61.5 Å². The number of rotatable bonds is 18. The van der Waals surface area contributed by atoms with Crippen LogP contribution in [-0.2, 0) is 42.8 Å². The van der Waals surface area contributed by atoms with Gasteiger partial charge in [0.15, 0.2) is 11.6 Å². The van der Waals surface area contributed by atoms with Crippen molar-refractivity contribution in [2.75, 3.05) is 19.8 Å². The Balaban J connectivity index is 0.000000753. The number of carbonyl (C=O) groups excluding carboxylic acids is 3. The summed E-state index contributed by atoms with van der Waals surface area (Å²) in [6.07, 6.45) is 2.18. The molecule has 3 N–H and O–H groups in total. The predicted molar refractivity (Wildman–Crippen MR) is 326 cm³/mol. The van der Waals surface area contributed by atoms with Gasteiger partial charge in [0.1, 0.15) is 39.0 Å². The van der Waals surface area contributed by atoms with Crippen molar-refractivity contribution < 1.29 is 181 Å². The summed E-state index contributed by atoms with van der Waals surface area (Å²) >= 11 is 6.08. The van der Waals surface area contributed by atoms with Gasteiger partial charge in [0.05, 0.1) is 29.2 Å². The normalized spacial score (nSPS) is 18.5. The molecule has 0 aromatic carbocycles. The topological polar surface area (TPSA) is 303 Å². The van der Waals surface area contributed by atoms with Gasteiger partial charge in [-0.1, -0.05) is 39.3 Å². The molecule has 3 saturated carbocycles. The van der Waals surface area contributed by atoms with Gasteiger partial charge in [-0.25, -0.2) is 45.6 Å². The van der Waals surface area contributed by atoms with Crippen LogP contribution in [0.3, 0.4) is 0 Å². The van der Waals surface area contributed by atoms with Gasteiger partial charge in [0.25, 0.3) is 38.3 Å². The summed E-state index contributed by atoms with van der Waals surface area (Å²) in [6, 6.07) is 8.43. The van der Waals surface area contributed by atoms with E-state index in [0.717, 1.165) is 25.0 Å². The average molecular weight is 1470 g/mol. The van der Waals surface area contributed by atoms with Crippen LogP contribution in [-0.4, -0.2) is 122 Å². The number of pyridine rings is 2. The molecule has 0 bridgehead atoms. The van der Waals surface area contributed by atoms with Gasteiger partial charge in [-0.2, -0.15) is 63.5 Å². The number of halogens is 8. The summed E-state index contributed by atoms with van der Waals surface area (Å²) in [7, 11) is -8.36. The Labute approximate surface area is 640 Å². The number of aromatic nitrogens is 10. The second kappa shape index (κ2) is 34.5. The van der Waals surface area contributed by atoms with E-state index in [1.807, 2.05) is 11.6 Å². The van der Waals surface area contributed by atoms with E-state index >= 15 is 0 Å². The SMILES string of the molecule is CCn1cc(S(=O)(=O)NC(=O)c2ccc(-n3ccc(OCC4(C(F)(F)F)CC4)n3)nc2C2C[C@@H](C)CC2(C)C)cn1.CCn1cc(S(=O)(=O)NC(=O)c2ccc(-n3ccc(OCC4(C(F)(F)F)CC4)n3)nc2Cl)cn1.C[C@@H]1CNC(C)(C)C1.Cl.O=CO[O-].S.S.[H-].[K+].[K+]. The Morgan fingerprint density at radius 1 is 0.728 bits per heavy atom. The molecule has 1 aliphatic heterocycles. The molecular formula is C54H73Cl2F6K2N13O11S4. The summed E-state index contributed by atoms with van der Waals surface area (Å²) in [5.41, 5.74) is -3.12. The van der Waals surface area contributed by atoms with Crippen LogP contribution >= 0.6 is 51.0 Å². The van der Waals surface area contributed by atoms with Gasteiger partial charge in [0.2, 0.25) is 11.8 Å². The fourth-order valence-corrected chi connectivity index (χ4v) is 12.2. The molecular weight excluding hydrogens is 1400 g/mol. The van der Waals surface area contributed by atoms with E-state index in [1.54, 1.807) is 6.92 Å². The van der Waals surface area contributed by atoms with Crippen molar-refractivity contribution in [3.63, 3.8) is 0 Å². The molecule has 10 rings (SSSR count). The van der Waals surface area contributed by atoms with E-state index in [0.29, 0.717) is 36.1 Å². The Kier molecular flexibility index (Phi) is 32.0. The predicted octanol–water partition coefficient (Wildman–Crippen LogP) is 2.44. The van der Waals surface area contributed by atoms with Gasteiger partial charge in [-0.15, -0.1) is 22.6 Å². The number of amides is 2. The van der Waals surface area contributed by atoms with Gasteiger partial charge < -0.3 is 26.4 Å². The average Bonchev–Trinajstić information content (AvgIpc) is 2.59. The minimum atomic E-state index is -4.34. The smallest absolute Gasteiger partial charge is 1.00 e. The maximum absolute atomic E-state index is 13.4. The van der Waals surface area contributed by atoms with E-state index < -0.39 is 68.3 Å². The molecule has 2 amide bonds. The van der Waals surface area contributed by atoms with Crippen LogP contribution in [0.4, 0.5) is 26.3 Å². The minimum Gasteiger partial charge on any atom is -1.00 e. The molecule has 38 heteroatoms. The fourth-order valence-electron chi connectivity index (χ4n) is 10.1. The molecule has 4 fully saturated rings. The first-order chi connectivity index (χ1) is 40.6. The van der Waals surface area contributed by atoms with Crippen molar-refractivity contribution in [2.45, 2.75) is 147 Å². The Hall–Kier alpha value is -2.90. The molecule has 3 atom stereocenters. The summed E-state index contributed by atoms with van der Waals surface area (Å²) in [5.74, 6) is -0.279. The first-order valence-electron chi connectivity index (χ1n) is 27.4. The van der Waals surface area contributed by atoms with Crippen LogP contribution in [0.1, 0.15) is 134 Å². The molecule has 1 saturated heterocycles. The maximum atomic E-state index is 13.4. The Bertz CT molecular complexity index is 3670. The molecule has 6 aromatic heterocycles. The van der Waals surface area contributed by atoms with Crippen molar-refractivity contribution in [1.82, 2.24) is 63.9 Å². The first-order valence-corrected chi connectivity index (χ1v) is 30.8. The summed E-state index contributed by atoms with van der Waals surface area (Å²) < 4.78 is 150. The number of alkyl halides is 6. The quantitative estimate of drug-likeness (QED) is 0.0278. The van der Waals surface area contributed by atoms with Crippen LogP contribution < -0.4 is 132 Å². The molecule has 4 aliphatic rings. The van der Waals surface area contributed by atoms with Crippen molar-refractivity contribution >= 4 is 89.3 Å². The summed E-state index contributed by atoms with van der Waals surface area (Å²) in [4.78, 5) is 45.6. The van der Waals surface area contributed by atoms with E-state index in [4.69, 9.17) is 36.1 Å². The van der Waals surface area contributed by atoms with E-state index in [-0.39, 0.29) is 231 Å². The molecule has 24 nitrogen and oxygen atoms in total. The number of nitrogens with zero attached hydrogens (tertiary/aromatic N) is 10. The van der Waals surface area contributed by atoms with Crippen LogP contribution in [0, 0.1) is 28.1 Å². The van der Waals surface area contributed by atoms with Gasteiger partial charge >= 0.3 is 115 Å². The number of nitrogens with one attached hydrogen (secondary N) is 3. The third-order valence-electron chi connectivity index (χ3n) is 15.3. The number of ether oxygens (including phenoxy) is 2. The number of hydrogen-bond donors (Lipinski definition) is 3. The van der Waals surface area contributed by atoms with Crippen LogP contribution in [0.5, 0.6) is 11.8 Å². The Morgan fingerprint density at radius 2 is 1.15 bits per heavy atom. The molecule has 502 valence electrons. The number of sulfonamides is 2. The molecule has 7 heterocycles. The summed E-state index contributed by atoms with van der Waals surface area (Å²) in [5, 5.41) is 27.7. The standard InChI is InChI=1S/C27H33F3N6O4S.C19H18ClF3N6O4S.C7H15N.CH2O3.ClH.2K.2H2S.H/c1-5-35-15-18(14-31-35)41(38,39)34-24(37)19-6-7-21(32-23(19)20-12-17(2)13-25(20,3)4)36-11-8-22(33-36)40-16-26(9-10-26)27(28,29)30;1-2-28-10-12(9-24-28)34(31,32)27-17(30)13-3-4-14(25-16(13)20)29-8-5-15(26-29)33-11-18(6-7-18)19(21,22)23;1-6-4-7(2,3)8-5-6;2-1-4-3;;;;;;/h6-8,11,14-15,17,20H,5,9-10,12-13,16H2,1-4H3,(H,34,37);3-5,8-10H,2,6-7,11H2,1H3,(H,27,30);6,8H,4-5H2,1-3H3;1,3H;1H;;;2*1H2;/q;;;;;2*+1;;;-1/p-1/t17-,20?;;6-;;;;;;;/m1.0......./s1. The molecule has 0 radical (unpaired) electrons. The van der Waals surface area contributed by atoms with Crippen molar-refractivity contribution in [2.24, 2.45) is 28.1 Å². The first kappa shape index (κ1) is 85.2. The second-order valence-electron chi connectivity index (χ2n) is 23.2. The zero-order chi connectivity index (χ0) is 64.1. The maximum Gasteiger partial charge on any atom is 1.00 e. The van der Waals surface area contributed by atoms with Crippen LogP contribution in [0.2, 0.25) is 5.15 Å². The fraction of sp³-hybridized carbons (Fsp3) is 0.537. The molecule has 6 aromatic rings. The molecule has 92 heavy (non-hydrogen) atoms. The minimum absolute atomic E-state index is 0. The monoisotopic (exact) mass is 1470 g/mol. The third kappa shape index (κ3) is 21.8. The van der Waals surface area contributed by atoms with Gasteiger partial charge in [-0.3, -0.25) is 23.7 Å². The second-order valence-corrected chi connectivity index (χ2v) is 26.9. The number of carbonyl (C=O) groups is 3. The van der Waals surface area contributed by atoms with E-state index in [1.165, 1.54) is 99.1 Å². The molecule has 1 unspecified atom stereocenters. The number of hydrogen-bond acceptors (Lipinski definition) is 18. The zero-order valence-electron chi connectivity index (χ0n) is 53.1. The molecule has 3 aliphatic carbocycles. The van der Waals surface area contributed by atoms with Gasteiger partial charge in [-0.05, 0) is 121 Å². The van der Waals surface area contributed by atoms with E-state index in [2.05, 4.69) is 81.8 Å². The molecule has 0 spiro atoms. The van der Waals surface area contributed by atoms with E-state index in [9.17, 15) is 52.8 Å². The largest absolute Gasteiger partial charge is 1.00 e.